The fourth-order valence-electron chi connectivity index (χ4n) is 3.64. The summed E-state index contributed by atoms with van der Waals surface area (Å²) in [5.41, 5.74) is 2.48. The molecule has 0 radical (unpaired) electrons. The number of ether oxygens (including phenoxy) is 3. The van der Waals surface area contributed by atoms with Gasteiger partial charge < -0.3 is 14.2 Å². The van der Waals surface area contributed by atoms with Gasteiger partial charge in [-0.2, -0.15) is 0 Å². The van der Waals surface area contributed by atoms with Gasteiger partial charge in [0.05, 0.1) is 7.11 Å². The Morgan fingerprint density at radius 1 is 1.29 bits per heavy atom. The molecule has 0 aliphatic carbocycles. The van der Waals surface area contributed by atoms with Gasteiger partial charge in [-0.3, -0.25) is 9.88 Å². The summed E-state index contributed by atoms with van der Waals surface area (Å²) in [6, 6.07) is 8.74. The highest BCUT2D eigenvalue weighted by Gasteiger charge is 2.26. The molecule has 0 spiro atoms. The zero-order valence-corrected chi connectivity index (χ0v) is 13.9. The second-order valence-corrected chi connectivity index (χ2v) is 6.30. The molecule has 5 nitrogen and oxygen atoms in total. The number of hydrogen-bond acceptors (Lipinski definition) is 5. The summed E-state index contributed by atoms with van der Waals surface area (Å²) in [7, 11) is 1.67. The quantitative estimate of drug-likeness (QED) is 0.860. The smallest absolute Gasteiger partial charge is 0.231 e. The summed E-state index contributed by atoms with van der Waals surface area (Å²) < 4.78 is 16.5. The van der Waals surface area contributed by atoms with E-state index in [0.717, 1.165) is 24.6 Å². The Kier molecular flexibility index (Phi) is 4.26. The van der Waals surface area contributed by atoms with Gasteiger partial charge in [-0.05, 0) is 48.7 Å². The Bertz CT molecular complexity index is 705. The molecule has 2 aliphatic heterocycles. The third-order valence-electron chi connectivity index (χ3n) is 4.79. The molecule has 126 valence electrons. The highest BCUT2D eigenvalue weighted by Crippen LogP contribution is 2.42. The van der Waals surface area contributed by atoms with E-state index in [2.05, 4.69) is 28.1 Å². The fourth-order valence-corrected chi connectivity index (χ4v) is 3.64. The van der Waals surface area contributed by atoms with Gasteiger partial charge in [-0.1, -0.05) is 12.5 Å². The Morgan fingerprint density at radius 2 is 2.25 bits per heavy atom. The molecule has 1 saturated heterocycles. The Hall–Kier alpha value is -2.27. The maximum Gasteiger partial charge on any atom is 0.231 e. The highest BCUT2D eigenvalue weighted by molar-refractivity contribution is 5.55. The summed E-state index contributed by atoms with van der Waals surface area (Å²) in [4.78, 5) is 6.82. The van der Waals surface area contributed by atoms with E-state index in [0.29, 0.717) is 11.8 Å². The Balaban J connectivity index is 1.59. The molecule has 0 amide bonds. The topological polar surface area (TPSA) is 43.8 Å². The molecule has 1 aromatic heterocycles. The van der Waals surface area contributed by atoms with Crippen LogP contribution in [0.3, 0.4) is 0 Å². The molecule has 0 saturated carbocycles. The van der Waals surface area contributed by atoms with Crippen LogP contribution in [0.5, 0.6) is 17.2 Å². The van der Waals surface area contributed by atoms with Crippen molar-refractivity contribution in [1.82, 2.24) is 9.88 Å². The maximum absolute atomic E-state index is 5.55. The third-order valence-corrected chi connectivity index (χ3v) is 4.79. The molecule has 24 heavy (non-hydrogen) atoms. The minimum atomic E-state index is 0.261. The van der Waals surface area contributed by atoms with Crippen molar-refractivity contribution in [3.8, 4) is 17.2 Å². The van der Waals surface area contributed by atoms with E-state index in [1.165, 1.54) is 30.4 Å². The third kappa shape index (κ3) is 2.91. The van der Waals surface area contributed by atoms with Crippen LogP contribution in [0.2, 0.25) is 0 Å². The predicted molar refractivity (Wildman–Crippen MR) is 90.4 cm³/mol. The molecule has 4 rings (SSSR count). The molecular weight excluding hydrogens is 304 g/mol. The largest absolute Gasteiger partial charge is 0.493 e. The van der Waals surface area contributed by atoms with Crippen molar-refractivity contribution in [2.24, 2.45) is 0 Å². The van der Waals surface area contributed by atoms with Crippen LogP contribution >= 0.6 is 0 Å². The summed E-state index contributed by atoms with van der Waals surface area (Å²) >= 11 is 0. The van der Waals surface area contributed by atoms with Crippen LogP contribution in [0.1, 0.15) is 36.4 Å². The van der Waals surface area contributed by atoms with Crippen LogP contribution in [-0.4, -0.2) is 30.3 Å². The summed E-state index contributed by atoms with van der Waals surface area (Å²) in [5, 5.41) is 0. The van der Waals surface area contributed by atoms with Crippen molar-refractivity contribution in [2.45, 2.75) is 31.8 Å². The second kappa shape index (κ2) is 6.69. The number of hydrogen-bond donors (Lipinski definition) is 0. The van der Waals surface area contributed by atoms with Gasteiger partial charge in [-0.25, -0.2) is 0 Å². The van der Waals surface area contributed by atoms with Gasteiger partial charge in [0.25, 0.3) is 0 Å². The minimum absolute atomic E-state index is 0.261. The number of methoxy groups -OCH3 is 1. The zero-order chi connectivity index (χ0) is 16.4. The summed E-state index contributed by atoms with van der Waals surface area (Å²) in [6.07, 6.45) is 7.49. The van der Waals surface area contributed by atoms with E-state index in [1.807, 2.05) is 18.5 Å². The monoisotopic (exact) mass is 326 g/mol. The van der Waals surface area contributed by atoms with Crippen molar-refractivity contribution < 1.29 is 14.2 Å². The fraction of sp³-hybridized carbons (Fsp3) is 0.421. The Morgan fingerprint density at radius 3 is 3.08 bits per heavy atom. The number of pyridine rings is 1. The van der Waals surface area contributed by atoms with E-state index in [4.69, 9.17) is 14.2 Å². The SMILES string of the molecule is COc1cc(CN2CCCCC2c2cccnc2)cc2c1OCO2. The number of nitrogens with zero attached hydrogens (tertiary/aromatic N) is 2. The van der Waals surface area contributed by atoms with Gasteiger partial charge in [0.1, 0.15) is 0 Å². The van der Waals surface area contributed by atoms with Crippen LogP contribution in [0.4, 0.5) is 0 Å². The maximum atomic E-state index is 5.55. The van der Waals surface area contributed by atoms with Crippen LogP contribution < -0.4 is 14.2 Å². The number of piperidine rings is 1. The molecule has 1 aromatic carbocycles. The Labute approximate surface area is 142 Å². The summed E-state index contributed by atoms with van der Waals surface area (Å²) in [6.45, 7) is 2.22. The molecule has 1 unspecified atom stereocenters. The zero-order valence-electron chi connectivity index (χ0n) is 13.9. The molecule has 0 N–H and O–H groups in total. The first-order valence-electron chi connectivity index (χ1n) is 8.45. The van der Waals surface area contributed by atoms with Crippen LogP contribution in [0.15, 0.2) is 36.7 Å². The number of fused-ring (bicyclic) bond motifs is 1. The first-order valence-corrected chi connectivity index (χ1v) is 8.45. The first kappa shape index (κ1) is 15.3. The van der Waals surface area contributed by atoms with Crippen molar-refractivity contribution in [3.05, 3.63) is 47.8 Å². The average molecular weight is 326 g/mol. The van der Waals surface area contributed by atoms with Gasteiger partial charge >= 0.3 is 0 Å². The average Bonchev–Trinajstić information content (AvgIpc) is 3.11. The number of benzene rings is 1. The lowest BCUT2D eigenvalue weighted by Gasteiger charge is -2.36. The standard InChI is InChI=1S/C19H22N2O3/c1-22-17-9-14(10-18-19(17)24-13-23-18)12-21-8-3-2-6-16(21)15-5-4-7-20-11-15/h4-5,7,9-11,16H,2-3,6,8,12-13H2,1H3. The van der Waals surface area contributed by atoms with Crippen molar-refractivity contribution in [3.63, 3.8) is 0 Å². The molecule has 2 aromatic rings. The number of rotatable bonds is 4. The normalized spacial score (nSPS) is 20.1. The molecule has 1 fully saturated rings. The number of aromatic nitrogens is 1. The van der Waals surface area contributed by atoms with E-state index >= 15 is 0 Å². The lowest BCUT2D eigenvalue weighted by atomic mass is 9.95. The van der Waals surface area contributed by atoms with Gasteiger partial charge in [0.15, 0.2) is 11.5 Å². The number of likely N-dealkylation sites (tertiary alicyclic amines) is 1. The molecular formula is C19H22N2O3. The molecule has 5 heteroatoms. The van der Waals surface area contributed by atoms with E-state index in [1.54, 1.807) is 7.11 Å². The second-order valence-electron chi connectivity index (χ2n) is 6.30. The summed E-state index contributed by atoms with van der Waals surface area (Å²) in [5.74, 6) is 2.23. The van der Waals surface area contributed by atoms with Crippen LogP contribution in [-0.2, 0) is 6.54 Å². The van der Waals surface area contributed by atoms with Gasteiger partial charge in [0, 0.05) is 25.0 Å². The molecule has 0 bridgehead atoms. The minimum Gasteiger partial charge on any atom is -0.493 e. The van der Waals surface area contributed by atoms with Crippen LogP contribution in [0.25, 0.3) is 0 Å². The molecule has 1 atom stereocenters. The van der Waals surface area contributed by atoms with E-state index in [-0.39, 0.29) is 6.79 Å². The van der Waals surface area contributed by atoms with E-state index < -0.39 is 0 Å². The first-order chi connectivity index (χ1) is 11.8. The van der Waals surface area contributed by atoms with E-state index in [9.17, 15) is 0 Å². The molecule has 3 heterocycles. The van der Waals surface area contributed by atoms with Crippen LogP contribution in [0, 0.1) is 0 Å². The lowest BCUT2D eigenvalue weighted by Crippen LogP contribution is -2.33. The van der Waals surface area contributed by atoms with Gasteiger partial charge in [-0.15, -0.1) is 0 Å². The van der Waals surface area contributed by atoms with Crippen molar-refractivity contribution in [1.29, 1.82) is 0 Å². The van der Waals surface area contributed by atoms with Gasteiger partial charge in [0.2, 0.25) is 12.5 Å². The highest BCUT2D eigenvalue weighted by atomic mass is 16.7. The predicted octanol–water partition coefficient (Wildman–Crippen LogP) is 3.55. The lowest BCUT2D eigenvalue weighted by molar-refractivity contribution is 0.140. The van der Waals surface area contributed by atoms with Crippen molar-refractivity contribution in [2.75, 3.05) is 20.4 Å². The van der Waals surface area contributed by atoms with Crippen molar-refractivity contribution >= 4 is 0 Å². The molecule has 2 aliphatic rings.